The molecule has 0 aliphatic carbocycles. The SMILES string of the molecule is Cc1ccc(OCCCNC(=O)Nc2cccc3cccnc23)cc1. The second-order valence-corrected chi connectivity index (χ2v) is 5.78. The van der Waals surface area contributed by atoms with Gasteiger partial charge < -0.3 is 15.4 Å². The van der Waals surface area contributed by atoms with Gasteiger partial charge in [0.15, 0.2) is 0 Å². The highest BCUT2D eigenvalue weighted by molar-refractivity contribution is 5.99. The number of aryl methyl sites for hydroxylation is 1. The van der Waals surface area contributed by atoms with Gasteiger partial charge in [-0.1, -0.05) is 35.9 Å². The van der Waals surface area contributed by atoms with Crippen molar-refractivity contribution in [2.45, 2.75) is 13.3 Å². The van der Waals surface area contributed by atoms with Gasteiger partial charge in [0.25, 0.3) is 0 Å². The van der Waals surface area contributed by atoms with E-state index in [1.165, 1.54) is 5.56 Å². The molecule has 0 fully saturated rings. The maximum atomic E-state index is 12.0. The fourth-order valence-electron chi connectivity index (χ4n) is 2.47. The van der Waals surface area contributed by atoms with Crippen LogP contribution in [0.15, 0.2) is 60.8 Å². The van der Waals surface area contributed by atoms with Crippen molar-refractivity contribution in [1.29, 1.82) is 0 Å². The van der Waals surface area contributed by atoms with Crippen LogP contribution < -0.4 is 15.4 Å². The van der Waals surface area contributed by atoms with Crippen LogP contribution in [0.25, 0.3) is 10.9 Å². The van der Waals surface area contributed by atoms with E-state index < -0.39 is 0 Å². The Hall–Kier alpha value is -3.08. The summed E-state index contributed by atoms with van der Waals surface area (Å²) in [5.74, 6) is 0.844. The van der Waals surface area contributed by atoms with Crippen LogP contribution in [-0.2, 0) is 0 Å². The van der Waals surface area contributed by atoms with Crippen LogP contribution in [0.3, 0.4) is 0 Å². The zero-order valence-electron chi connectivity index (χ0n) is 14.2. The second kappa shape index (κ2) is 8.15. The Morgan fingerprint density at radius 1 is 1.08 bits per heavy atom. The first-order valence-corrected chi connectivity index (χ1v) is 8.30. The highest BCUT2D eigenvalue weighted by atomic mass is 16.5. The molecule has 2 amide bonds. The standard InChI is InChI=1S/C20H21N3O2/c1-15-8-10-17(11-9-15)25-14-4-13-22-20(24)23-18-7-2-5-16-6-3-12-21-19(16)18/h2-3,5-12H,4,13-14H2,1H3,(H2,22,23,24). The summed E-state index contributed by atoms with van der Waals surface area (Å²) < 4.78 is 5.64. The molecule has 0 radical (unpaired) electrons. The number of pyridine rings is 1. The van der Waals surface area contributed by atoms with Gasteiger partial charge in [-0.3, -0.25) is 4.98 Å². The Morgan fingerprint density at radius 3 is 2.72 bits per heavy atom. The van der Waals surface area contributed by atoms with E-state index in [4.69, 9.17) is 4.74 Å². The Labute approximate surface area is 147 Å². The van der Waals surface area contributed by atoms with E-state index in [1.54, 1.807) is 6.20 Å². The normalized spacial score (nSPS) is 10.4. The molecule has 5 nitrogen and oxygen atoms in total. The molecule has 0 saturated heterocycles. The Balaban J connectivity index is 1.43. The Kier molecular flexibility index (Phi) is 5.46. The number of carbonyl (C=O) groups is 1. The van der Waals surface area contributed by atoms with Crippen LogP contribution in [0.4, 0.5) is 10.5 Å². The maximum absolute atomic E-state index is 12.0. The molecule has 0 atom stereocenters. The summed E-state index contributed by atoms with van der Waals surface area (Å²) in [5, 5.41) is 6.67. The third-order valence-corrected chi connectivity index (χ3v) is 3.78. The molecular formula is C20H21N3O2. The molecule has 0 aliphatic rings. The van der Waals surface area contributed by atoms with E-state index in [0.717, 1.165) is 23.1 Å². The first-order chi connectivity index (χ1) is 12.2. The summed E-state index contributed by atoms with van der Waals surface area (Å²) in [6, 6.07) is 17.2. The number of benzene rings is 2. The summed E-state index contributed by atoms with van der Waals surface area (Å²) in [6.07, 6.45) is 2.45. The molecule has 0 aliphatic heterocycles. The number of amides is 2. The number of anilines is 1. The number of para-hydroxylation sites is 1. The average Bonchev–Trinajstić information content (AvgIpc) is 2.63. The predicted molar refractivity (Wildman–Crippen MR) is 100 cm³/mol. The monoisotopic (exact) mass is 335 g/mol. The summed E-state index contributed by atoms with van der Waals surface area (Å²) in [5.41, 5.74) is 2.68. The van der Waals surface area contributed by atoms with Gasteiger partial charge in [-0.25, -0.2) is 4.79 Å². The molecule has 2 aromatic carbocycles. The number of urea groups is 1. The molecule has 128 valence electrons. The molecule has 1 aromatic heterocycles. The first-order valence-electron chi connectivity index (χ1n) is 8.30. The fourth-order valence-corrected chi connectivity index (χ4v) is 2.47. The smallest absolute Gasteiger partial charge is 0.319 e. The highest BCUT2D eigenvalue weighted by Gasteiger charge is 2.05. The molecule has 25 heavy (non-hydrogen) atoms. The summed E-state index contributed by atoms with van der Waals surface area (Å²) >= 11 is 0. The van der Waals surface area contributed by atoms with Gasteiger partial charge >= 0.3 is 6.03 Å². The van der Waals surface area contributed by atoms with Crippen molar-refractivity contribution in [2.75, 3.05) is 18.5 Å². The number of fused-ring (bicyclic) bond motifs is 1. The van der Waals surface area contributed by atoms with Crippen molar-refractivity contribution in [1.82, 2.24) is 10.3 Å². The highest BCUT2D eigenvalue weighted by Crippen LogP contribution is 2.20. The third kappa shape index (κ3) is 4.70. The number of nitrogens with zero attached hydrogens (tertiary/aromatic N) is 1. The first kappa shape index (κ1) is 16.8. The number of hydrogen-bond acceptors (Lipinski definition) is 3. The number of aromatic nitrogens is 1. The third-order valence-electron chi connectivity index (χ3n) is 3.78. The summed E-state index contributed by atoms with van der Waals surface area (Å²) in [4.78, 5) is 16.4. The topological polar surface area (TPSA) is 63.2 Å². The van der Waals surface area contributed by atoms with Crippen LogP contribution in [0.5, 0.6) is 5.75 Å². The number of ether oxygens (including phenoxy) is 1. The van der Waals surface area contributed by atoms with Crippen LogP contribution in [-0.4, -0.2) is 24.2 Å². The lowest BCUT2D eigenvalue weighted by atomic mass is 10.2. The minimum absolute atomic E-state index is 0.242. The molecule has 2 N–H and O–H groups in total. The molecule has 3 aromatic rings. The lowest BCUT2D eigenvalue weighted by Crippen LogP contribution is -2.30. The van der Waals surface area contributed by atoms with Gasteiger partial charge in [-0.15, -0.1) is 0 Å². The maximum Gasteiger partial charge on any atom is 0.319 e. The van der Waals surface area contributed by atoms with Crippen LogP contribution in [0.1, 0.15) is 12.0 Å². The van der Waals surface area contributed by atoms with Gasteiger partial charge in [0.2, 0.25) is 0 Å². The van der Waals surface area contributed by atoms with E-state index in [9.17, 15) is 4.79 Å². The van der Waals surface area contributed by atoms with Crippen molar-refractivity contribution >= 4 is 22.6 Å². The molecule has 0 unspecified atom stereocenters. The minimum Gasteiger partial charge on any atom is -0.494 e. The van der Waals surface area contributed by atoms with Crippen molar-refractivity contribution < 1.29 is 9.53 Å². The van der Waals surface area contributed by atoms with E-state index in [2.05, 4.69) is 15.6 Å². The van der Waals surface area contributed by atoms with Gasteiger partial charge in [-0.05, 0) is 37.6 Å². The average molecular weight is 335 g/mol. The second-order valence-electron chi connectivity index (χ2n) is 5.78. The van der Waals surface area contributed by atoms with Gasteiger partial charge in [0, 0.05) is 18.1 Å². The molecular weight excluding hydrogens is 314 g/mol. The predicted octanol–water partition coefficient (Wildman–Crippen LogP) is 4.13. The lowest BCUT2D eigenvalue weighted by Gasteiger charge is -2.10. The zero-order valence-corrected chi connectivity index (χ0v) is 14.2. The van der Waals surface area contributed by atoms with E-state index in [1.807, 2.05) is 61.5 Å². The molecule has 0 spiro atoms. The Bertz CT molecular complexity index is 842. The fraction of sp³-hybridized carbons (Fsp3) is 0.200. The van der Waals surface area contributed by atoms with Crippen LogP contribution >= 0.6 is 0 Å². The quantitative estimate of drug-likeness (QED) is 0.666. The number of hydrogen-bond donors (Lipinski definition) is 2. The molecule has 0 bridgehead atoms. The van der Waals surface area contributed by atoms with Crippen molar-refractivity contribution in [3.05, 3.63) is 66.4 Å². The number of rotatable bonds is 6. The van der Waals surface area contributed by atoms with Crippen molar-refractivity contribution in [2.24, 2.45) is 0 Å². The van der Waals surface area contributed by atoms with E-state index >= 15 is 0 Å². The number of carbonyl (C=O) groups excluding carboxylic acids is 1. The summed E-state index contributed by atoms with van der Waals surface area (Å²) in [7, 11) is 0. The van der Waals surface area contributed by atoms with E-state index in [-0.39, 0.29) is 6.03 Å². The molecule has 0 saturated carbocycles. The van der Waals surface area contributed by atoms with Gasteiger partial charge in [-0.2, -0.15) is 0 Å². The summed E-state index contributed by atoms with van der Waals surface area (Å²) in [6.45, 7) is 3.13. The van der Waals surface area contributed by atoms with Crippen LogP contribution in [0.2, 0.25) is 0 Å². The largest absolute Gasteiger partial charge is 0.494 e. The van der Waals surface area contributed by atoms with E-state index in [0.29, 0.717) is 18.8 Å². The van der Waals surface area contributed by atoms with Crippen LogP contribution in [0, 0.1) is 6.92 Å². The van der Waals surface area contributed by atoms with Gasteiger partial charge in [0.05, 0.1) is 17.8 Å². The van der Waals surface area contributed by atoms with Gasteiger partial charge in [0.1, 0.15) is 5.75 Å². The molecule has 3 rings (SSSR count). The van der Waals surface area contributed by atoms with Crippen molar-refractivity contribution in [3.63, 3.8) is 0 Å². The number of nitrogens with one attached hydrogen (secondary N) is 2. The lowest BCUT2D eigenvalue weighted by molar-refractivity contribution is 0.250. The Morgan fingerprint density at radius 2 is 1.88 bits per heavy atom. The minimum atomic E-state index is -0.242. The molecule has 1 heterocycles. The zero-order chi connectivity index (χ0) is 17.5. The molecule has 5 heteroatoms. The van der Waals surface area contributed by atoms with Crippen molar-refractivity contribution in [3.8, 4) is 5.75 Å².